The fraction of sp³-hybridized carbons (Fsp3) is 0.312. The van der Waals surface area contributed by atoms with Crippen LogP contribution >= 0.6 is 0 Å². The van der Waals surface area contributed by atoms with Crippen LogP contribution in [0, 0.1) is 12.8 Å². The zero-order chi connectivity index (χ0) is 14.3. The Kier molecular flexibility index (Phi) is 3.01. The molecular formula is C16H17N3O. The van der Waals surface area contributed by atoms with Gasteiger partial charge in [-0.3, -0.25) is 4.79 Å². The Morgan fingerprint density at radius 1 is 1.25 bits per heavy atom. The van der Waals surface area contributed by atoms with Crippen LogP contribution in [0.5, 0.6) is 0 Å². The summed E-state index contributed by atoms with van der Waals surface area (Å²) in [5, 5.41) is 6.98. The summed E-state index contributed by atoms with van der Waals surface area (Å²) in [4.78, 5) is 16.7. The highest BCUT2D eigenvalue weighted by Gasteiger charge is 2.28. The van der Waals surface area contributed by atoms with Crippen LogP contribution in [0.15, 0.2) is 35.4 Å². The van der Waals surface area contributed by atoms with Crippen molar-refractivity contribution < 1.29 is 4.79 Å². The van der Waals surface area contributed by atoms with E-state index < -0.39 is 0 Å². The number of hydrogen-bond acceptors (Lipinski definition) is 3. The fourth-order valence-corrected chi connectivity index (χ4v) is 2.36. The maximum atomic E-state index is 12.1. The van der Waals surface area contributed by atoms with E-state index in [4.69, 9.17) is 0 Å². The molecule has 0 atom stereocenters. The third-order valence-corrected chi connectivity index (χ3v) is 3.55. The van der Waals surface area contributed by atoms with Crippen LogP contribution < -0.4 is 5.01 Å². The van der Waals surface area contributed by atoms with Gasteiger partial charge in [0, 0.05) is 5.39 Å². The second-order valence-electron chi connectivity index (χ2n) is 5.45. The lowest BCUT2D eigenvalue weighted by Crippen LogP contribution is -2.21. The number of amides is 1. The summed E-state index contributed by atoms with van der Waals surface area (Å²) >= 11 is 0. The van der Waals surface area contributed by atoms with Crippen LogP contribution in [0.2, 0.25) is 0 Å². The quantitative estimate of drug-likeness (QED) is 0.838. The van der Waals surface area contributed by atoms with E-state index in [9.17, 15) is 4.79 Å². The number of rotatable bonds is 2. The van der Waals surface area contributed by atoms with Crippen molar-refractivity contribution in [3.05, 3.63) is 35.9 Å². The molecule has 1 amide bonds. The minimum absolute atomic E-state index is 0.000388. The molecule has 4 nitrogen and oxygen atoms in total. The molecule has 0 saturated heterocycles. The van der Waals surface area contributed by atoms with Gasteiger partial charge >= 0.3 is 0 Å². The molecular weight excluding hydrogens is 250 g/mol. The Hall–Kier alpha value is -2.23. The van der Waals surface area contributed by atoms with Crippen molar-refractivity contribution in [3.63, 3.8) is 0 Å². The summed E-state index contributed by atoms with van der Waals surface area (Å²) in [5.74, 6) is 0.925. The molecule has 1 aromatic carbocycles. The molecule has 0 saturated carbocycles. The lowest BCUT2D eigenvalue weighted by molar-refractivity contribution is -0.117. The van der Waals surface area contributed by atoms with Crippen LogP contribution in [-0.4, -0.2) is 16.6 Å². The second-order valence-corrected chi connectivity index (χ2v) is 5.45. The minimum atomic E-state index is -0.000388. The summed E-state index contributed by atoms with van der Waals surface area (Å²) in [7, 11) is 0. The number of pyridine rings is 1. The standard InChI is InChI=1S/C16H17N3O/c1-10(2)14-9-15(20)19(18-14)16-11(3)8-12-6-4-5-7-13(12)17-16/h4-8,10H,9H2,1-3H3. The van der Waals surface area contributed by atoms with Crippen molar-refractivity contribution in [1.29, 1.82) is 0 Å². The van der Waals surface area contributed by atoms with Gasteiger partial charge in [0.15, 0.2) is 5.82 Å². The fourth-order valence-electron chi connectivity index (χ4n) is 2.36. The number of hydrazone groups is 1. The number of aryl methyl sites for hydroxylation is 1. The number of hydrogen-bond donors (Lipinski definition) is 0. The first-order chi connectivity index (χ1) is 9.56. The average molecular weight is 267 g/mol. The molecule has 0 unspecified atom stereocenters. The van der Waals surface area contributed by atoms with Crippen LogP contribution in [0.3, 0.4) is 0 Å². The molecule has 3 rings (SSSR count). The van der Waals surface area contributed by atoms with Gasteiger partial charge in [-0.2, -0.15) is 10.1 Å². The van der Waals surface area contributed by atoms with E-state index >= 15 is 0 Å². The van der Waals surface area contributed by atoms with Crippen molar-refractivity contribution in [1.82, 2.24) is 4.98 Å². The summed E-state index contributed by atoms with van der Waals surface area (Å²) in [6.45, 7) is 6.07. The zero-order valence-corrected chi connectivity index (χ0v) is 11.9. The summed E-state index contributed by atoms with van der Waals surface area (Å²) in [6.07, 6.45) is 0.394. The second kappa shape index (κ2) is 4.71. The average Bonchev–Trinajstić information content (AvgIpc) is 2.80. The maximum absolute atomic E-state index is 12.1. The van der Waals surface area contributed by atoms with E-state index in [0.29, 0.717) is 12.2 Å². The molecule has 1 aromatic heterocycles. The number of fused-ring (bicyclic) bond motifs is 1. The van der Waals surface area contributed by atoms with Gasteiger partial charge in [0.05, 0.1) is 17.6 Å². The third kappa shape index (κ3) is 2.07. The molecule has 4 heteroatoms. The highest BCUT2D eigenvalue weighted by Crippen LogP contribution is 2.27. The van der Waals surface area contributed by atoms with Crippen molar-refractivity contribution in [2.75, 3.05) is 5.01 Å². The number of aromatic nitrogens is 1. The van der Waals surface area contributed by atoms with E-state index in [1.165, 1.54) is 5.01 Å². The van der Waals surface area contributed by atoms with Gasteiger partial charge in [-0.1, -0.05) is 32.0 Å². The molecule has 0 N–H and O–H groups in total. The van der Waals surface area contributed by atoms with Gasteiger partial charge in [0.25, 0.3) is 5.91 Å². The summed E-state index contributed by atoms with van der Waals surface area (Å²) in [5.41, 5.74) is 2.77. The van der Waals surface area contributed by atoms with Crippen LogP contribution in [0.4, 0.5) is 5.82 Å². The maximum Gasteiger partial charge on any atom is 0.254 e. The smallest absolute Gasteiger partial charge is 0.254 e. The lowest BCUT2D eigenvalue weighted by atomic mass is 10.1. The van der Waals surface area contributed by atoms with E-state index in [1.807, 2.05) is 37.3 Å². The van der Waals surface area contributed by atoms with Crippen LogP contribution in [-0.2, 0) is 4.79 Å². The lowest BCUT2D eigenvalue weighted by Gasteiger charge is -2.14. The Morgan fingerprint density at radius 3 is 2.70 bits per heavy atom. The molecule has 0 radical (unpaired) electrons. The zero-order valence-electron chi connectivity index (χ0n) is 11.9. The van der Waals surface area contributed by atoms with Crippen molar-refractivity contribution in [3.8, 4) is 0 Å². The molecule has 0 spiro atoms. The van der Waals surface area contributed by atoms with Crippen molar-refractivity contribution in [2.24, 2.45) is 11.0 Å². The minimum Gasteiger partial charge on any atom is -0.272 e. The van der Waals surface area contributed by atoms with Gasteiger partial charge in [0.2, 0.25) is 0 Å². The predicted molar refractivity (Wildman–Crippen MR) is 80.9 cm³/mol. The van der Waals surface area contributed by atoms with Gasteiger partial charge in [-0.25, -0.2) is 4.98 Å². The highest BCUT2D eigenvalue weighted by molar-refractivity contribution is 6.13. The third-order valence-electron chi connectivity index (χ3n) is 3.55. The number of nitrogens with zero attached hydrogens (tertiary/aromatic N) is 3. The topological polar surface area (TPSA) is 45.6 Å². The largest absolute Gasteiger partial charge is 0.272 e. The molecule has 1 aliphatic rings. The molecule has 0 bridgehead atoms. The molecule has 20 heavy (non-hydrogen) atoms. The number of para-hydroxylation sites is 1. The monoisotopic (exact) mass is 267 g/mol. The summed E-state index contributed by atoms with van der Waals surface area (Å²) in [6, 6.07) is 9.95. The first-order valence-electron chi connectivity index (χ1n) is 6.83. The molecule has 2 aromatic rings. The normalized spacial score (nSPS) is 15.3. The number of carbonyl (C=O) groups is 1. The molecule has 1 aliphatic heterocycles. The van der Waals surface area contributed by atoms with Crippen molar-refractivity contribution >= 4 is 28.3 Å². The SMILES string of the molecule is Cc1cc2ccccc2nc1N1N=C(C(C)C)CC1=O. The van der Waals surface area contributed by atoms with Gasteiger partial charge < -0.3 is 0 Å². The van der Waals surface area contributed by atoms with Gasteiger partial charge in [-0.05, 0) is 30.5 Å². The first-order valence-corrected chi connectivity index (χ1v) is 6.83. The van der Waals surface area contributed by atoms with E-state index in [1.54, 1.807) is 0 Å². The van der Waals surface area contributed by atoms with Gasteiger partial charge in [0.1, 0.15) is 0 Å². The Labute approximate surface area is 118 Å². The highest BCUT2D eigenvalue weighted by atomic mass is 16.2. The van der Waals surface area contributed by atoms with Crippen LogP contribution in [0.25, 0.3) is 10.9 Å². The number of anilines is 1. The first kappa shape index (κ1) is 12.8. The predicted octanol–water partition coefficient (Wildman–Crippen LogP) is 3.29. The van der Waals surface area contributed by atoms with Crippen LogP contribution in [0.1, 0.15) is 25.8 Å². The van der Waals surface area contributed by atoms with E-state index in [0.717, 1.165) is 22.2 Å². The van der Waals surface area contributed by atoms with Gasteiger partial charge in [-0.15, -0.1) is 0 Å². The number of carbonyl (C=O) groups excluding carboxylic acids is 1. The van der Waals surface area contributed by atoms with Crippen molar-refractivity contribution in [2.45, 2.75) is 27.2 Å². The van der Waals surface area contributed by atoms with E-state index in [2.05, 4.69) is 23.9 Å². The Bertz CT molecular complexity index is 719. The summed E-state index contributed by atoms with van der Waals surface area (Å²) < 4.78 is 0. The Balaban J connectivity index is 2.10. The Morgan fingerprint density at radius 2 is 2.00 bits per heavy atom. The molecule has 102 valence electrons. The van der Waals surface area contributed by atoms with E-state index in [-0.39, 0.29) is 11.8 Å². The molecule has 2 heterocycles. The number of benzene rings is 1. The molecule has 0 fully saturated rings. The molecule has 0 aliphatic carbocycles.